The first kappa shape index (κ1) is 15.8. The Hall–Kier alpha value is -1.59. The Kier molecular flexibility index (Phi) is 5.20. The Morgan fingerprint density at radius 3 is 2.52 bits per heavy atom. The van der Waals surface area contributed by atoms with Crippen molar-refractivity contribution in [2.24, 2.45) is 5.92 Å². The topological polar surface area (TPSA) is 63.2 Å². The molecule has 1 saturated carbocycles. The van der Waals surface area contributed by atoms with Gasteiger partial charge in [0.1, 0.15) is 0 Å². The number of rotatable bonds is 8. The van der Waals surface area contributed by atoms with Gasteiger partial charge in [-0.25, -0.2) is 0 Å². The molecule has 1 aromatic heterocycles. The first-order valence-corrected chi connectivity index (χ1v) is 7.90. The zero-order chi connectivity index (χ0) is 15.4. The first-order chi connectivity index (χ1) is 10.0. The molecular weight excluding hydrogens is 266 g/mol. The molecule has 0 radical (unpaired) electrons. The summed E-state index contributed by atoms with van der Waals surface area (Å²) in [7, 11) is 2.04. The highest BCUT2D eigenvalue weighted by Gasteiger charge is 2.32. The lowest BCUT2D eigenvalue weighted by Gasteiger charge is -2.25. The number of anilines is 2. The van der Waals surface area contributed by atoms with E-state index in [4.69, 9.17) is 4.74 Å². The second-order valence-corrected chi connectivity index (χ2v) is 6.02. The minimum atomic E-state index is 0.0467. The van der Waals surface area contributed by atoms with Gasteiger partial charge >= 0.3 is 6.01 Å². The number of ether oxygens (including phenoxy) is 1. The number of nitrogens with one attached hydrogen (secondary N) is 1. The molecule has 118 valence electrons. The van der Waals surface area contributed by atoms with Crippen LogP contribution in [0.5, 0.6) is 6.01 Å². The van der Waals surface area contributed by atoms with Gasteiger partial charge in [-0.1, -0.05) is 6.92 Å². The van der Waals surface area contributed by atoms with Crippen molar-refractivity contribution in [3.8, 4) is 6.01 Å². The molecule has 0 aliphatic heterocycles. The highest BCUT2D eigenvalue weighted by molar-refractivity contribution is 5.39. The summed E-state index contributed by atoms with van der Waals surface area (Å²) in [5.74, 6) is 2.03. The van der Waals surface area contributed by atoms with Crippen LogP contribution < -0.4 is 15.0 Å². The van der Waals surface area contributed by atoms with Crippen LogP contribution in [-0.2, 0) is 0 Å². The predicted octanol–water partition coefficient (Wildman–Crippen LogP) is 2.72. The molecule has 0 aromatic carbocycles. The molecule has 1 aromatic rings. The smallest absolute Gasteiger partial charge is 0.323 e. The van der Waals surface area contributed by atoms with Crippen LogP contribution in [0.1, 0.15) is 47.0 Å². The molecule has 0 spiro atoms. The fourth-order valence-corrected chi connectivity index (χ4v) is 2.16. The van der Waals surface area contributed by atoms with E-state index in [0.717, 1.165) is 18.9 Å². The summed E-state index contributed by atoms with van der Waals surface area (Å²) in [4.78, 5) is 15.4. The molecule has 0 bridgehead atoms. The van der Waals surface area contributed by atoms with Crippen LogP contribution in [0.25, 0.3) is 0 Å². The van der Waals surface area contributed by atoms with Gasteiger partial charge in [0.25, 0.3) is 0 Å². The van der Waals surface area contributed by atoms with Crippen LogP contribution in [0, 0.1) is 5.92 Å². The third-order valence-corrected chi connectivity index (χ3v) is 3.71. The second-order valence-electron chi connectivity index (χ2n) is 6.02. The summed E-state index contributed by atoms with van der Waals surface area (Å²) in [6, 6.07) is 0.835. The van der Waals surface area contributed by atoms with E-state index < -0.39 is 0 Å². The van der Waals surface area contributed by atoms with Crippen molar-refractivity contribution in [1.82, 2.24) is 15.0 Å². The van der Waals surface area contributed by atoms with Crippen molar-refractivity contribution in [3.05, 3.63) is 0 Å². The Morgan fingerprint density at radius 1 is 1.24 bits per heavy atom. The van der Waals surface area contributed by atoms with Crippen LogP contribution in [0.3, 0.4) is 0 Å². The van der Waals surface area contributed by atoms with Crippen LogP contribution in [0.15, 0.2) is 0 Å². The quantitative estimate of drug-likeness (QED) is 0.795. The molecule has 1 heterocycles. The van der Waals surface area contributed by atoms with Gasteiger partial charge in [0.15, 0.2) is 0 Å². The van der Waals surface area contributed by atoms with Crippen LogP contribution in [0.4, 0.5) is 11.9 Å². The van der Waals surface area contributed by atoms with E-state index in [1.165, 1.54) is 12.8 Å². The van der Waals surface area contributed by atoms with Gasteiger partial charge in [0.2, 0.25) is 11.9 Å². The lowest BCUT2D eigenvalue weighted by atomic mass is 10.2. The van der Waals surface area contributed by atoms with Crippen molar-refractivity contribution in [2.75, 3.05) is 23.8 Å². The molecule has 21 heavy (non-hydrogen) atoms. The van der Waals surface area contributed by atoms with Crippen molar-refractivity contribution in [3.63, 3.8) is 0 Å². The van der Waals surface area contributed by atoms with Gasteiger partial charge < -0.3 is 15.0 Å². The van der Waals surface area contributed by atoms with Gasteiger partial charge in [-0.15, -0.1) is 0 Å². The first-order valence-electron chi connectivity index (χ1n) is 7.90. The molecule has 2 rings (SSSR count). The van der Waals surface area contributed by atoms with Gasteiger partial charge in [-0.05, 0) is 46.0 Å². The minimum Gasteiger partial charge on any atom is -0.461 e. The van der Waals surface area contributed by atoms with E-state index >= 15 is 0 Å². The Bertz CT molecular complexity index is 461. The standard InChI is InChI=1S/C15H27N5O/c1-6-9-16-13-17-14(19-15(18-13)21-10(2)3)20(5)11(4)12-7-8-12/h10-12H,6-9H2,1-5H3,(H,16,17,18,19). The fourth-order valence-electron chi connectivity index (χ4n) is 2.16. The normalized spacial score (nSPS) is 15.9. The fraction of sp³-hybridized carbons (Fsp3) is 0.800. The maximum absolute atomic E-state index is 5.65. The second kappa shape index (κ2) is 6.91. The van der Waals surface area contributed by atoms with Crippen molar-refractivity contribution in [1.29, 1.82) is 0 Å². The van der Waals surface area contributed by atoms with Gasteiger partial charge in [0, 0.05) is 19.6 Å². The van der Waals surface area contributed by atoms with Gasteiger partial charge in [-0.3, -0.25) is 0 Å². The van der Waals surface area contributed by atoms with Crippen molar-refractivity contribution >= 4 is 11.9 Å². The third-order valence-electron chi connectivity index (χ3n) is 3.71. The summed E-state index contributed by atoms with van der Waals surface area (Å²) < 4.78 is 5.65. The number of nitrogens with zero attached hydrogens (tertiary/aromatic N) is 4. The SMILES string of the molecule is CCCNc1nc(OC(C)C)nc(N(C)C(C)C2CC2)n1. The van der Waals surface area contributed by atoms with E-state index in [9.17, 15) is 0 Å². The lowest BCUT2D eigenvalue weighted by molar-refractivity contribution is 0.222. The molecule has 1 fully saturated rings. The zero-order valence-electron chi connectivity index (χ0n) is 13.8. The number of aromatic nitrogens is 3. The Labute approximate surface area is 127 Å². The van der Waals surface area contributed by atoms with E-state index in [1.54, 1.807) is 0 Å². The average Bonchev–Trinajstić information content (AvgIpc) is 3.27. The Balaban J connectivity index is 2.20. The number of hydrogen-bond donors (Lipinski definition) is 1. The monoisotopic (exact) mass is 293 g/mol. The molecule has 1 unspecified atom stereocenters. The third kappa shape index (κ3) is 4.44. The molecular formula is C15H27N5O. The molecule has 1 N–H and O–H groups in total. The van der Waals surface area contributed by atoms with Crippen molar-refractivity contribution < 1.29 is 4.74 Å². The maximum atomic E-state index is 5.65. The average molecular weight is 293 g/mol. The van der Waals surface area contributed by atoms with E-state index in [-0.39, 0.29) is 6.10 Å². The summed E-state index contributed by atoms with van der Waals surface area (Å²) in [5.41, 5.74) is 0. The van der Waals surface area contributed by atoms with E-state index in [0.29, 0.717) is 23.9 Å². The summed E-state index contributed by atoms with van der Waals surface area (Å²) in [6.45, 7) is 9.12. The van der Waals surface area contributed by atoms with Crippen LogP contribution in [0.2, 0.25) is 0 Å². The predicted molar refractivity (Wildman–Crippen MR) is 85.0 cm³/mol. The van der Waals surface area contributed by atoms with E-state index in [1.807, 2.05) is 20.9 Å². The summed E-state index contributed by atoms with van der Waals surface area (Å²) in [5, 5.41) is 3.22. The minimum absolute atomic E-state index is 0.0467. The largest absolute Gasteiger partial charge is 0.461 e. The summed E-state index contributed by atoms with van der Waals surface area (Å²) >= 11 is 0. The van der Waals surface area contributed by atoms with Gasteiger partial charge in [-0.2, -0.15) is 15.0 Å². The molecule has 0 saturated heterocycles. The molecule has 1 aliphatic rings. The van der Waals surface area contributed by atoms with Crippen molar-refractivity contribution in [2.45, 2.75) is 59.1 Å². The Morgan fingerprint density at radius 2 is 1.95 bits per heavy atom. The molecule has 6 heteroatoms. The zero-order valence-corrected chi connectivity index (χ0v) is 13.8. The molecule has 1 atom stereocenters. The molecule has 0 amide bonds. The number of hydrogen-bond acceptors (Lipinski definition) is 6. The maximum Gasteiger partial charge on any atom is 0.323 e. The van der Waals surface area contributed by atoms with Crippen LogP contribution >= 0.6 is 0 Å². The highest BCUT2D eigenvalue weighted by Crippen LogP contribution is 2.35. The highest BCUT2D eigenvalue weighted by atomic mass is 16.5. The van der Waals surface area contributed by atoms with E-state index in [2.05, 4.69) is 39.0 Å². The lowest BCUT2D eigenvalue weighted by Crippen LogP contribution is -2.32. The summed E-state index contributed by atoms with van der Waals surface area (Å²) in [6.07, 6.45) is 3.67. The van der Waals surface area contributed by atoms with Gasteiger partial charge in [0.05, 0.1) is 6.10 Å². The molecule has 6 nitrogen and oxygen atoms in total. The molecule has 1 aliphatic carbocycles. The van der Waals surface area contributed by atoms with Crippen LogP contribution in [-0.4, -0.2) is 40.7 Å².